The second-order valence-corrected chi connectivity index (χ2v) is 5.65. The fourth-order valence-corrected chi connectivity index (χ4v) is 2.91. The van der Waals surface area contributed by atoms with Crippen LogP contribution in [0.5, 0.6) is 11.5 Å². The molecule has 0 atom stereocenters. The minimum Gasteiger partial charge on any atom is -0.493 e. The third-order valence-corrected chi connectivity index (χ3v) is 4.10. The van der Waals surface area contributed by atoms with Crippen LogP contribution in [0.15, 0.2) is 23.1 Å². The highest BCUT2D eigenvalue weighted by Gasteiger charge is 2.36. The molecule has 0 unspecified atom stereocenters. The Balaban J connectivity index is 2.34. The number of para-hydroxylation sites is 1. The molecule has 0 aliphatic carbocycles. The number of carbonyl (C=O) groups excluding carboxylic acids is 3. The second-order valence-electron chi connectivity index (χ2n) is 4.66. The molecule has 0 spiro atoms. The van der Waals surface area contributed by atoms with E-state index in [1.54, 1.807) is 24.3 Å². The van der Waals surface area contributed by atoms with E-state index in [2.05, 4.69) is 4.74 Å². The summed E-state index contributed by atoms with van der Waals surface area (Å²) in [5.74, 6) is -0.183. The molecule has 0 saturated carbocycles. The van der Waals surface area contributed by atoms with Gasteiger partial charge >= 0.3 is 5.97 Å². The maximum absolute atomic E-state index is 12.3. The SMILES string of the molecule is CCOc1c(/C=C2\SC(=O)N(CC(=O)OC)C2=O)cccc1OC. The van der Waals surface area contributed by atoms with Crippen molar-refractivity contribution < 1.29 is 28.6 Å². The predicted octanol–water partition coefficient (Wildman–Crippen LogP) is 2.30. The first kappa shape index (κ1) is 17.9. The minimum absolute atomic E-state index is 0.207. The Morgan fingerprint density at radius 3 is 2.67 bits per heavy atom. The van der Waals surface area contributed by atoms with Gasteiger partial charge in [-0.1, -0.05) is 12.1 Å². The van der Waals surface area contributed by atoms with E-state index in [-0.39, 0.29) is 4.91 Å². The quantitative estimate of drug-likeness (QED) is 0.574. The van der Waals surface area contributed by atoms with Gasteiger partial charge in [-0.2, -0.15) is 0 Å². The molecule has 0 N–H and O–H groups in total. The molecule has 1 heterocycles. The molecule has 128 valence electrons. The number of hydrogen-bond donors (Lipinski definition) is 0. The van der Waals surface area contributed by atoms with Gasteiger partial charge in [-0.3, -0.25) is 19.3 Å². The average Bonchev–Trinajstić information content (AvgIpc) is 2.83. The van der Waals surface area contributed by atoms with Crippen molar-refractivity contribution in [3.8, 4) is 11.5 Å². The van der Waals surface area contributed by atoms with E-state index in [4.69, 9.17) is 9.47 Å². The normalized spacial score (nSPS) is 15.8. The number of carbonyl (C=O) groups is 3. The standard InChI is InChI=1S/C16H17NO6S/c1-4-23-14-10(6-5-7-11(14)21-2)8-12-15(19)17(16(20)24-12)9-13(18)22-3/h5-8H,4,9H2,1-3H3/b12-8-. The zero-order valence-corrected chi connectivity index (χ0v) is 14.3. The number of thioether (sulfide) groups is 1. The third kappa shape index (κ3) is 3.70. The molecular weight excluding hydrogens is 334 g/mol. The Bertz CT molecular complexity index is 700. The summed E-state index contributed by atoms with van der Waals surface area (Å²) in [6.45, 7) is 1.85. The maximum atomic E-state index is 12.3. The molecule has 1 aromatic rings. The summed E-state index contributed by atoms with van der Waals surface area (Å²) in [5, 5.41) is -0.516. The third-order valence-electron chi connectivity index (χ3n) is 3.19. The number of amides is 2. The minimum atomic E-state index is -0.657. The number of rotatable bonds is 6. The van der Waals surface area contributed by atoms with Crippen molar-refractivity contribution in [3.63, 3.8) is 0 Å². The number of methoxy groups -OCH3 is 2. The summed E-state index contributed by atoms with van der Waals surface area (Å²) < 4.78 is 15.3. The monoisotopic (exact) mass is 351 g/mol. The zero-order valence-electron chi connectivity index (χ0n) is 13.5. The van der Waals surface area contributed by atoms with Crippen LogP contribution in [0.4, 0.5) is 4.79 Å². The van der Waals surface area contributed by atoms with Crippen LogP contribution in [-0.2, 0) is 14.3 Å². The van der Waals surface area contributed by atoms with Crippen LogP contribution in [0.3, 0.4) is 0 Å². The van der Waals surface area contributed by atoms with Crippen LogP contribution in [0.25, 0.3) is 6.08 Å². The highest BCUT2D eigenvalue weighted by atomic mass is 32.2. The van der Waals surface area contributed by atoms with Gasteiger partial charge in [0.2, 0.25) is 0 Å². The van der Waals surface area contributed by atoms with E-state index in [0.29, 0.717) is 23.7 Å². The molecule has 1 fully saturated rings. The van der Waals surface area contributed by atoms with Crippen LogP contribution in [0, 0.1) is 0 Å². The van der Waals surface area contributed by atoms with E-state index in [1.807, 2.05) is 6.92 Å². The lowest BCUT2D eigenvalue weighted by Gasteiger charge is -2.12. The van der Waals surface area contributed by atoms with Crippen molar-refractivity contribution in [2.24, 2.45) is 0 Å². The number of hydrogen-bond acceptors (Lipinski definition) is 7. The van der Waals surface area contributed by atoms with Crippen LogP contribution in [0.2, 0.25) is 0 Å². The van der Waals surface area contributed by atoms with E-state index in [1.165, 1.54) is 14.2 Å². The van der Waals surface area contributed by atoms with Gasteiger partial charge in [0.15, 0.2) is 11.5 Å². The Kier molecular flexibility index (Phi) is 5.86. The summed E-state index contributed by atoms with van der Waals surface area (Å²) in [6, 6.07) is 5.25. The first-order chi connectivity index (χ1) is 11.5. The summed E-state index contributed by atoms with van der Waals surface area (Å²) in [6.07, 6.45) is 1.55. The Labute approximate surface area is 143 Å². The molecule has 7 nitrogen and oxygen atoms in total. The lowest BCUT2D eigenvalue weighted by Crippen LogP contribution is -2.34. The van der Waals surface area contributed by atoms with E-state index >= 15 is 0 Å². The molecule has 0 aromatic heterocycles. The molecule has 1 saturated heterocycles. The number of esters is 1. The molecular formula is C16H17NO6S. The summed E-state index contributed by atoms with van der Waals surface area (Å²) >= 11 is 0.764. The lowest BCUT2D eigenvalue weighted by atomic mass is 10.1. The van der Waals surface area contributed by atoms with E-state index in [0.717, 1.165) is 16.7 Å². The van der Waals surface area contributed by atoms with Crippen LogP contribution in [0.1, 0.15) is 12.5 Å². The fourth-order valence-electron chi connectivity index (χ4n) is 2.08. The number of imide groups is 1. The van der Waals surface area contributed by atoms with Crippen LogP contribution >= 0.6 is 11.8 Å². The molecule has 0 bridgehead atoms. The summed E-state index contributed by atoms with van der Waals surface area (Å²) in [7, 11) is 2.72. The first-order valence-electron chi connectivity index (χ1n) is 7.13. The second kappa shape index (κ2) is 7.87. The summed E-state index contributed by atoms with van der Waals surface area (Å²) in [4.78, 5) is 36.6. The van der Waals surface area contributed by atoms with Gasteiger partial charge in [0.25, 0.3) is 11.1 Å². The molecule has 2 rings (SSSR count). The number of ether oxygens (including phenoxy) is 3. The highest BCUT2D eigenvalue weighted by Crippen LogP contribution is 2.37. The van der Waals surface area contributed by atoms with E-state index in [9.17, 15) is 14.4 Å². The molecule has 1 aromatic carbocycles. The van der Waals surface area contributed by atoms with Gasteiger partial charge < -0.3 is 14.2 Å². The van der Waals surface area contributed by atoms with Gasteiger partial charge in [-0.05, 0) is 30.8 Å². The average molecular weight is 351 g/mol. The van der Waals surface area contributed by atoms with Crippen molar-refractivity contribution in [3.05, 3.63) is 28.7 Å². The molecule has 24 heavy (non-hydrogen) atoms. The summed E-state index contributed by atoms with van der Waals surface area (Å²) in [5.41, 5.74) is 0.611. The van der Waals surface area contributed by atoms with Gasteiger partial charge in [0.1, 0.15) is 6.54 Å². The number of nitrogens with zero attached hydrogens (tertiary/aromatic N) is 1. The van der Waals surface area contributed by atoms with E-state index < -0.39 is 23.7 Å². The molecule has 2 amide bonds. The molecule has 1 aliphatic rings. The topological polar surface area (TPSA) is 82.1 Å². The predicted molar refractivity (Wildman–Crippen MR) is 88.9 cm³/mol. The largest absolute Gasteiger partial charge is 0.493 e. The van der Waals surface area contributed by atoms with Gasteiger partial charge in [-0.25, -0.2) is 0 Å². The van der Waals surface area contributed by atoms with Crippen molar-refractivity contribution in [2.45, 2.75) is 6.92 Å². The van der Waals surface area contributed by atoms with Gasteiger partial charge in [-0.15, -0.1) is 0 Å². The molecule has 0 radical (unpaired) electrons. The smallest absolute Gasteiger partial charge is 0.325 e. The fraction of sp³-hybridized carbons (Fsp3) is 0.312. The van der Waals surface area contributed by atoms with Crippen LogP contribution < -0.4 is 9.47 Å². The van der Waals surface area contributed by atoms with Crippen molar-refractivity contribution in [1.82, 2.24) is 4.90 Å². The Hall–Kier alpha value is -2.48. The Morgan fingerprint density at radius 1 is 1.29 bits per heavy atom. The van der Waals surface area contributed by atoms with Gasteiger partial charge in [0.05, 0.1) is 25.7 Å². The van der Waals surface area contributed by atoms with Crippen molar-refractivity contribution >= 4 is 35.0 Å². The first-order valence-corrected chi connectivity index (χ1v) is 7.95. The number of benzene rings is 1. The maximum Gasteiger partial charge on any atom is 0.325 e. The van der Waals surface area contributed by atoms with Gasteiger partial charge in [0, 0.05) is 5.56 Å². The zero-order chi connectivity index (χ0) is 17.7. The van der Waals surface area contributed by atoms with Crippen molar-refractivity contribution in [2.75, 3.05) is 27.4 Å². The Morgan fingerprint density at radius 2 is 2.04 bits per heavy atom. The highest BCUT2D eigenvalue weighted by molar-refractivity contribution is 8.18. The van der Waals surface area contributed by atoms with Crippen molar-refractivity contribution in [1.29, 1.82) is 0 Å². The van der Waals surface area contributed by atoms with Crippen LogP contribution in [-0.4, -0.2) is 49.4 Å². The lowest BCUT2D eigenvalue weighted by molar-refractivity contribution is -0.143. The molecule has 8 heteroatoms. The molecule has 1 aliphatic heterocycles.